The van der Waals surface area contributed by atoms with E-state index in [9.17, 15) is 0 Å². The van der Waals surface area contributed by atoms with Crippen LogP contribution in [0.25, 0.3) is 0 Å². The Kier molecular flexibility index (Phi) is 3.59. The molecule has 94 valence electrons. The van der Waals surface area contributed by atoms with Gasteiger partial charge in [-0.25, -0.2) is 0 Å². The third kappa shape index (κ3) is 2.49. The molecule has 0 radical (unpaired) electrons. The van der Waals surface area contributed by atoms with Gasteiger partial charge in [0.15, 0.2) is 0 Å². The molecule has 1 aliphatic rings. The third-order valence-corrected chi connectivity index (χ3v) is 3.75. The molecule has 1 nitrogen and oxygen atoms in total. The van der Waals surface area contributed by atoms with Crippen LogP contribution in [0, 0.1) is 18.3 Å². The molecule has 0 aliphatic carbocycles. The number of hydrogen-bond acceptors (Lipinski definition) is 1. The molecule has 0 saturated carbocycles. The summed E-state index contributed by atoms with van der Waals surface area (Å²) in [6, 6.07) is 10.3. The van der Waals surface area contributed by atoms with Crippen molar-refractivity contribution >= 4 is 0 Å². The molecule has 3 atom stereocenters. The second kappa shape index (κ2) is 5.00. The summed E-state index contributed by atoms with van der Waals surface area (Å²) in [5.74, 6) is 3.14. The van der Waals surface area contributed by atoms with E-state index in [1.165, 1.54) is 11.1 Å². The zero-order chi connectivity index (χ0) is 13.2. The Morgan fingerprint density at radius 2 is 2.11 bits per heavy atom. The predicted molar refractivity (Wildman–Crippen MR) is 75.0 cm³/mol. The number of ether oxygens (including phenoxy) is 1. The maximum Gasteiger partial charge on any atom is 0.126 e. The Bertz CT molecular complexity index is 468. The lowest BCUT2D eigenvalue weighted by atomic mass is 9.80. The van der Waals surface area contributed by atoms with Crippen molar-refractivity contribution in [3.63, 3.8) is 0 Å². The van der Waals surface area contributed by atoms with Gasteiger partial charge in [0.2, 0.25) is 0 Å². The molecule has 1 aromatic rings. The standard InChI is InChI=1S/C17H20O/c1-5-17(4)12-11-15(13(2)3)16(18-17)14-9-7-6-8-10-14/h1,6-10,15-16H,2,11-12H2,3-4H3/t15-,16-,17+/m1/s1. The van der Waals surface area contributed by atoms with Crippen molar-refractivity contribution < 1.29 is 4.74 Å². The first-order valence-electron chi connectivity index (χ1n) is 6.42. The summed E-state index contributed by atoms with van der Waals surface area (Å²) in [5.41, 5.74) is 1.90. The van der Waals surface area contributed by atoms with Gasteiger partial charge in [-0.2, -0.15) is 0 Å². The Morgan fingerprint density at radius 3 is 2.67 bits per heavy atom. The van der Waals surface area contributed by atoms with Crippen LogP contribution in [-0.2, 0) is 4.74 Å². The van der Waals surface area contributed by atoms with Gasteiger partial charge in [-0.1, -0.05) is 48.4 Å². The van der Waals surface area contributed by atoms with Crippen LogP contribution in [0.5, 0.6) is 0 Å². The number of hydrogen-bond donors (Lipinski definition) is 0. The van der Waals surface area contributed by atoms with Gasteiger partial charge in [0.1, 0.15) is 5.60 Å². The quantitative estimate of drug-likeness (QED) is 0.558. The van der Waals surface area contributed by atoms with E-state index in [4.69, 9.17) is 11.2 Å². The minimum Gasteiger partial charge on any atom is -0.354 e. The zero-order valence-corrected chi connectivity index (χ0v) is 11.1. The molecule has 0 amide bonds. The van der Waals surface area contributed by atoms with Gasteiger partial charge < -0.3 is 4.74 Å². The first-order chi connectivity index (χ1) is 8.56. The lowest BCUT2D eigenvalue weighted by molar-refractivity contribution is -0.107. The minimum absolute atomic E-state index is 0.0264. The van der Waals surface area contributed by atoms with E-state index >= 15 is 0 Å². The average Bonchev–Trinajstić information content (AvgIpc) is 2.39. The lowest BCUT2D eigenvalue weighted by Crippen LogP contribution is -2.37. The number of rotatable bonds is 2. The molecule has 1 heterocycles. The molecule has 1 heteroatoms. The van der Waals surface area contributed by atoms with Crippen LogP contribution in [0.4, 0.5) is 0 Å². The first kappa shape index (κ1) is 12.9. The molecule has 0 bridgehead atoms. The van der Waals surface area contributed by atoms with Crippen LogP contribution in [0.1, 0.15) is 38.4 Å². The fraction of sp³-hybridized carbons (Fsp3) is 0.412. The van der Waals surface area contributed by atoms with Crippen LogP contribution in [-0.4, -0.2) is 5.60 Å². The van der Waals surface area contributed by atoms with Gasteiger partial charge in [0, 0.05) is 5.92 Å². The fourth-order valence-electron chi connectivity index (χ4n) is 2.56. The van der Waals surface area contributed by atoms with E-state index < -0.39 is 5.60 Å². The number of terminal acetylenes is 1. The highest BCUT2D eigenvalue weighted by atomic mass is 16.5. The highest BCUT2D eigenvalue weighted by Crippen LogP contribution is 2.43. The van der Waals surface area contributed by atoms with E-state index in [0.717, 1.165) is 12.8 Å². The highest BCUT2D eigenvalue weighted by Gasteiger charge is 2.38. The van der Waals surface area contributed by atoms with E-state index in [1.54, 1.807) is 0 Å². The normalized spacial score (nSPS) is 31.6. The van der Waals surface area contributed by atoms with Crippen molar-refractivity contribution in [3.8, 4) is 12.3 Å². The third-order valence-electron chi connectivity index (χ3n) is 3.75. The SMILES string of the molecule is C#C[C@@]1(C)CC[C@H](C(=C)C)[C@@H](c2ccccc2)O1. The number of benzene rings is 1. The van der Waals surface area contributed by atoms with Gasteiger partial charge in [-0.3, -0.25) is 0 Å². The monoisotopic (exact) mass is 240 g/mol. The Hall–Kier alpha value is -1.52. The molecule has 0 unspecified atom stereocenters. The molecule has 1 saturated heterocycles. The Morgan fingerprint density at radius 1 is 1.44 bits per heavy atom. The lowest BCUT2D eigenvalue weighted by Gasteiger charge is -2.41. The molecule has 18 heavy (non-hydrogen) atoms. The zero-order valence-electron chi connectivity index (χ0n) is 11.1. The second-order valence-corrected chi connectivity index (χ2v) is 5.32. The molecule has 2 rings (SSSR count). The van der Waals surface area contributed by atoms with Crippen molar-refractivity contribution in [1.82, 2.24) is 0 Å². The van der Waals surface area contributed by atoms with Crippen molar-refractivity contribution in [2.24, 2.45) is 5.92 Å². The topological polar surface area (TPSA) is 9.23 Å². The summed E-state index contributed by atoms with van der Waals surface area (Å²) in [5, 5.41) is 0. The predicted octanol–water partition coefficient (Wildman–Crippen LogP) is 4.12. The summed E-state index contributed by atoms with van der Waals surface area (Å²) in [4.78, 5) is 0. The van der Waals surface area contributed by atoms with Crippen LogP contribution >= 0.6 is 0 Å². The van der Waals surface area contributed by atoms with E-state index in [0.29, 0.717) is 5.92 Å². The summed E-state index contributed by atoms with van der Waals surface area (Å²) >= 11 is 0. The van der Waals surface area contributed by atoms with Crippen LogP contribution in [0.3, 0.4) is 0 Å². The fourth-order valence-corrected chi connectivity index (χ4v) is 2.56. The molecule has 1 aliphatic heterocycles. The van der Waals surface area contributed by atoms with Gasteiger partial charge in [0.25, 0.3) is 0 Å². The summed E-state index contributed by atoms with van der Waals surface area (Å²) in [6.45, 7) is 8.17. The van der Waals surface area contributed by atoms with Crippen LogP contribution in [0.15, 0.2) is 42.5 Å². The van der Waals surface area contributed by atoms with Crippen molar-refractivity contribution in [2.45, 2.75) is 38.4 Å². The largest absolute Gasteiger partial charge is 0.354 e. The summed E-state index contributed by atoms with van der Waals surface area (Å²) in [7, 11) is 0. The summed E-state index contributed by atoms with van der Waals surface area (Å²) in [6.07, 6.45) is 7.56. The summed E-state index contributed by atoms with van der Waals surface area (Å²) < 4.78 is 6.19. The van der Waals surface area contributed by atoms with E-state index in [-0.39, 0.29) is 6.10 Å². The van der Waals surface area contributed by atoms with Gasteiger partial charge in [-0.15, -0.1) is 6.42 Å². The Labute approximate surface area is 110 Å². The molecule has 0 N–H and O–H groups in total. The Balaban J connectivity index is 2.32. The van der Waals surface area contributed by atoms with Crippen molar-refractivity contribution in [1.29, 1.82) is 0 Å². The highest BCUT2D eigenvalue weighted by molar-refractivity contribution is 5.23. The van der Waals surface area contributed by atoms with E-state index in [2.05, 4.69) is 31.6 Å². The second-order valence-electron chi connectivity index (χ2n) is 5.32. The maximum atomic E-state index is 6.19. The van der Waals surface area contributed by atoms with Crippen LogP contribution < -0.4 is 0 Å². The molecular weight excluding hydrogens is 220 g/mol. The van der Waals surface area contributed by atoms with E-state index in [1.807, 2.05) is 25.1 Å². The van der Waals surface area contributed by atoms with Gasteiger partial charge in [0.05, 0.1) is 6.10 Å². The molecule has 0 spiro atoms. The molecule has 1 fully saturated rings. The first-order valence-corrected chi connectivity index (χ1v) is 6.42. The van der Waals surface area contributed by atoms with Crippen LogP contribution in [0.2, 0.25) is 0 Å². The van der Waals surface area contributed by atoms with Crippen molar-refractivity contribution in [2.75, 3.05) is 0 Å². The molecule has 0 aromatic heterocycles. The van der Waals surface area contributed by atoms with Crippen molar-refractivity contribution in [3.05, 3.63) is 48.0 Å². The average molecular weight is 240 g/mol. The van der Waals surface area contributed by atoms with Gasteiger partial charge in [-0.05, 0) is 32.3 Å². The molecule has 1 aromatic carbocycles. The minimum atomic E-state index is -0.452. The maximum absolute atomic E-state index is 6.19. The van der Waals surface area contributed by atoms with Gasteiger partial charge >= 0.3 is 0 Å². The molecular formula is C17H20O. The smallest absolute Gasteiger partial charge is 0.126 e.